The number of benzene rings is 1. The summed E-state index contributed by atoms with van der Waals surface area (Å²) in [5, 5.41) is 30.1. The van der Waals surface area contributed by atoms with Gasteiger partial charge in [0.25, 0.3) is 5.91 Å². The predicted octanol–water partition coefficient (Wildman–Crippen LogP) is 6.53. The third-order valence-electron chi connectivity index (χ3n) is 14.9. The second kappa shape index (κ2) is 27.0. The highest BCUT2D eigenvalue weighted by Crippen LogP contribution is 2.40. The van der Waals surface area contributed by atoms with E-state index >= 15 is 0 Å². The first kappa shape index (κ1) is 60.4. The van der Waals surface area contributed by atoms with Gasteiger partial charge in [-0.2, -0.15) is 5.26 Å². The maximum atomic E-state index is 13.5. The number of anilines is 2. The van der Waals surface area contributed by atoms with Gasteiger partial charge in [0.15, 0.2) is 5.78 Å². The number of Topliss-reactive ketones (excluding diaryl/α,β-unsaturated/α-hetero) is 1. The minimum atomic E-state index is -1.09. The summed E-state index contributed by atoms with van der Waals surface area (Å²) in [6.45, 7) is 15.4. The Morgan fingerprint density at radius 2 is 1.66 bits per heavy atom. The first-order valence-corrected chi connectivity index (χ1v) is 28.3. The molecule has 3 amide bonds. The Morgan fingerprint density at radius 1 is 0.894 bits per heavy atom. The number of nitrogens with one attached hydrogen (secondary N) is 1. The number of amides is 3. The molecule has 5 aromatic heterocycles. The van der Waals surface area contributed by atoms with Crippen LogP contribution < -0.4 is 24.6 Å². The van der Waals surface area contributed by atoms with Gasteiger partial charge in [0, 0.05) is 106 Å². The number of ketones is 1. The Balaban J connectivity index is 0.626. The standard InChI is InChI=1S/C60H70N14O11/c1-39-34-71(57-64-32-42(33-65-57)48-14-13-47-53(76)60(5,6)74(54(47)66-48)35-41-9-8-20-62-50(41)30-61)23-24-73(39)52(75)37-72-36-43(68-69-72)38-82-26-25-81-27-28-83-58(80)70-21-17-44(18-22-70)84-45-10-7-11-46(29-45)85-51-15-12-40(31-63-51)55(77)67-49(56(78)79)16-19-59(2,3)4/h7-15,20,29,31-33,36,39,44,49H,16-19,21-28,34-35,37-38H2,1-6H3,(H,67,77)(H,78,79)/t39-,49+/m1/s1. The van der Waals surface area contributed by atoms with Gasteiger partial charge in [-0.15, -0.1) is 5.10 Å². The topological polar surface area (TPSA) is 296 Å². The number of nitriles is 1. The number of pyridine rings is 3. The summed E-state index contributed by atoms with van der Waals surface area (Å²) in [4.78, 5) is 94.4. The van der Waals surface area contributed by atoms with Gasteiger partial charge in [0.1, 0.15) is 60.1 Å². The Labute approximate surface area is 492 Å². The maximum Gasteiger partial charge on any atom is 0.409 e. The third kappa shape index (κ3) is 15.5. The molecule has 446 valence electrons. The maximum absolute atomic E-state index is 13.5. The van der Waals surface area contributed by atoms with Crippen molar-refractivity contribution >= 4 is 41.4 Å². The molecule has 85 heavy (non-hydrogen) atoms. The monoisotopic (exact) mass is 1160 g/mol. The van der Waals surface area contributed by atoms with Crippen molar-refractivity contribution in [3.05, 3.63) is 120 Å². The van der Waals surface area contributed by atoms with Crippen LogP contribution in [0.2, 0.25) is 0 Å². The molecule has 8 heterocycles. The lowest BCUT2D eigenvalue weighted by Crippen LogP contribution is -2.55. The van der Waals surface area contributed by atoms with Crippen molar-refractivity contribution in [3.8, 4) is 34.7 Å². The van der Waals surface area contributed by atoms with Crippen LogP contribution in [0, 0.1) is 16.7 Å². The molecule has 25 nitrogen and oxygen atoms in total. The number of carbonyl (C=O) groups excluding carboxylic acids is 4. The number of carboxylic acids is 1. The summed E-state index contributed by atoms with van der Waals surface area (Å²) in [5.41, 5.74) is 2.59. The largest absolute Gasteiger partial charge is 0.490 e. The Hall–Kier alpha value is -9.15. The van der Waals surface area contributed by atoms with E-state index < -0.39 is 29.6 Å². The second-order valence-corrected chi connectivity index (χ2v) is 22.7. The number of rotatable bonds is 23. The highest BCUT2D eigenvalue weighted by molar-refractivity contribution is 6.13. The van der Waals surface area contributed by atoms with Gasteiger partial charge in [0.2, 0.25) is 17.7 Å². The highest BCUT2D eigenvalue weighted by atomic mass is 16.6. The molecule has 0 spiro atoms. The molecular formula is C60H70N14O11. The van der Waals surface area contributed by atoms with E-state index in [0.717, 1.165) is 0 Å². The fourth-order valence-electron chi connectivity index (χ4n) is 10.1. The Bertz CT molecular complexity index is 3380. The number of piperazine rings is 1. The highest BCUT2D eigenvalue weighted by Gasteiger charge is 2.45. The molecule has 1 aromatic carbocycles. The van der Waals surface area contributed by atoms with Crippen LogP contribution in [0.1, 0.15) is 105 Å². The number of likely N-dealkylation sites (tertiary alicyclic amines) is 1. The van der Waals surface area contributed by atoms with Crippen molar-refractivity contribution < 1.29 is 52.8 Å². The van der Waals surface area contributed by atoms with Gasteiger partial charge < -0.3 is 53.7 Å². The van der Waals surface area contributed by atoms with Crippen LogP contribution in [0.5, 0.6) is 17.4 Å². The van der Waals surface area contributed by atoms with Crippen LogP contribution in [0.25, 0.3) is 11.3 Å². The molecule has 0 bridgehead atoms. The first-order valence-electron chi connectivity index (χ1n) is 28.3. The number of piperidine rings is 1. The molecular weight excluding hydrogens is 1090 g/mol. The minimum absolute atomic E-state index is 0.0122. The first-order chi connectivity index (χ1) is 40.8. The Kier molecular flexibility index (Phi) is 19.2. The second-order valence-electron chi connectivity index (χ2n) is 22.7. The van der Waals surface area contributed by atoms with E-state index in [2.05, 4.69) is 41.6 Å². The molecule has 0 saturated carbocycles. The summed E-state index contributed by atoms with van der Waals surface area (Å²) in [6, 6.07) is 18.3. The molecule has 0 radical (unpaired) electrons. The molecule has 6 aromatic rings. The van der Waals surface area contributed by atoms with Gasteiger partial charge in [-0.1, -0.05) is 38.1 Å². The van der Waals surface area contributed by atoms with E-state index in [1.54, 1.807) is 66.1 Å². The van der Waals surface area contributed by atoms with E-state index in [0.29, 0.717) is 115 Å². The molecule has 0 unspecified atom stereocenters. The lowest BCUT2D eigenvalue weighted by atomic mass is 9.88. The number of carbonyl (C=O) groups is 5. The van der Waals surface area contributed by atoms with Crippen molar-refractivity contribution in [2.45, 2.75) is 111 Å². The van der Waals surface area contributed by atoms with Crippen LogP contribution in [0.15, 0.2) is 91.6 Å². The number of ether oxygens (including phenoxy) is 5. The molecule has 25 heteroatoms. The van der Waals surface area contributed by atoms with Gasteiger partial charge in [-0.05, 0) is 75.4 Å². The average molecular weight is 1160 g/mol. The number of aliphatic carboxylic acids is 1. The van der Waals surface area contributed by atoms with E-state index in [1.165, 1.54) is 23.0 Å². The van der Waals surface area contributed by atoms with Crippen molar-refractivity contribution in [1.82, 2.24) is 55.0 Å². The zero-order valence-corrected chi connectivity index (χ0v) is 48.5. The SMILES string of the molecule is C[C@@H]1CN(c2ncc(-c3ccc4c(n3)N(Cc3cccnc3C#N)C(C)(C)C4=O)cn2)CCN1C(=O)Cn1cc(COCCOCCOC(=O)N2CCC(Oc3cccc(Oc4ccc(C(=O)N[C@@H](CCC(C)(C)C)C(=O)O)cn4)c3)CC2)nn1. The fourth-order valence-corrected chi connectivity index (χ4v) is 10.1. The number of hydrogen-bond acceptors (Lipinski definition) is 20. The number of fused-ring (bicyclic) bond motifs is 1. The quantitative estimate of drug-likeness (QED) is 0.0645. The zero-order chi connectivity index (χ0) is 60.3. The zero-order valence-electron chi connectivity index (χ0n) is 48.5. The molecule has 3 aliphatic rings. The van der Waals surface area contributed by atoms with E-state index in [1.807, 2.05) is 68.4 Å². The van der Waals surface area contributed by atoms with E-state index in [4.69, 9.17) is 28.7 Å². The fraction of sp³-hybridized carbons (Fsp3) is 0.450. The van der Waals surface area contributed by atoms with Crippen LogP contribution in [0.4, 0.5) is 16.6 Å². The number of hydrogen-bond donors (Lipinski definition) is 2. The molecule has 2 fully saturated rings. The average Bonchev–Trinajstić information content (AvgIpc) is 2.12. The summed E-state index contributed by atoms with van der Waals surface area (Å²) >= 11 is 0. The van der Waals surface area contributed by atoms with Gasteiger partial charge in [0.05, 0.1) is 55.0 Å². The molecule has 2 N–H and O–H groups in total. The normalized spacial score (nSPS) is 16.3. The summed E-state index contributed by atoms with van der Waals surface area (Å²) in [7, 11) is 0. The molecule has 2 saturated heterocycles. The molecule has 3 aliphatic heterocycles. The van der Waals surface area contributed by atoms with E-state index in [9.17, 15) is 34.3 Å². The van der Waals surface area contributed by atoms with E-state index in [-0.39, 0.29) is 86.8 Å². The van der Waals surface area contributed by atoms with Crippen LogP contribution in [-0.2, 0) is 43.5 Å². The third-order valence-corrected chi connectivity index (χ3v) is 14.9. The molecule has 2 atom stereocenters. The lowest BCUT2D eigenvalue weighted by molar-refractivity contribution is -0.139. The summed E-state index contributed by atoms with van der Waals surface area (Å²) < 4.78 is 30.4. The minimum Gasteiger partial charge on any atom is -0.490 e. The van der Waals surface area contributed by atoms with Gasteiger partial charge in [-0.25, -0.2) is 39.2 Å². The summed E-state index contributed by atoms with van der Waals surface area (Å²) in [5.74, 6) is 0.564. The van der Waals surface area contributed by atoms with Crippen molar-refractivity contribution in [1.29, 1.82) is 5.26 Å². The summed E-state index contributed by atoms with van der Waals surface area (Å²) in [6.07, 6.45) is 9.56. The van der Waals surface area contributed by atoms with Crippen molar-refractivity contribution in [2.75, 3.05) is 69.0 Å². The Morgan fingerprint density at radius 3 is 2.39 bits per heavy atom. The predicted molar refractivity (Wildman–Crippen MR) is 308 cm³/mol. The molecule has 9 rings (SSSR count). The smallest absolute Gasteiger partial charge is 0.409 e. The van der Waals surface area contributed by atoms with Crippen LogP contribution >= 0.6 is 0 Å². The number of carboxylic acid groups (broad SMARTS) is 1. The van der Waals surface area contributed by atoms with Crippen LogP contribution in [0.3, 0.4) is 0 Å². The van der Waals surface area contributed by atoms with Gasteiger partial charge >= 0.3 is 12.1 Å². The molecule has 0 aliphatic carbocycles. The van der Waals surface area contributed by atoms with Gasteiger partial charge in [-0.3, -0.25) is 14.4 Å². The van der Waals surface area contributed by atoms with Crippen molar-refractivity contribution in [2.24, 2.45) is 5.41 Å². The number of aromatic nitrogens is 8. The number of nitrogens with zero attached hydrogens (tertiary/aromatic N) is 13. The van der Waals surface area contributed by atoms with Crippen molar-refractivity contribution in [3.63, 3.8) is 0 Å². The lowest BCUT2D eigenvalue weighted by Gasteiger charge is -2.39. The van der Waals surface area contributed by atoms with Crippen LogP contribution in [-0.4, -0.2) is 167 Å².